The average molecular weight is 256 g/mol. The van der Waals surface area contributed by atoms with Crippen LogP contribution >= 0.6 is 0 Å². The number of carbonyl (C=O) groups is 1. The quantitative estimate of drug-likeness (QED) is 0.831. The third-order valence-electron chi connectivity index (χ3n) is 2.70. The summed E-state index contributed by atoms with van der Waals surface area (Å²) in [5.41, 5.74) is 0. The molecular weight excluding hydrogens is 243 g/mol. The largest absolute Gasteiger partial charge is 0.479 e. The molecule has 1 aromatic rings. The van der Waals surface area contributed by atoms with Gasteiger partial charge in [-0.1, -0.05) is 0 Å². The van der Waals surface area contributed by atoms with E-state index >= 15 is 0 Å². The highest BCUT2D eigenvalue weighted by atomic mass is 19.1. The molecule has 0 spiro atoms. The number of likely N-dealkylation sites (tertiary alicyclic amines) is 1. The van der Waals surface area contributed by atoms with E-state index in [1.54, 1.807) is 0 Å². The van der Waals surface area contributed by atoms with E-state index in [1.807, 2.05) is 0 Å². The number of anilines is 1. The van der Waals surface area contributed by atoms with Crippen LogP contribution in [0.15, 0.2) is 6.20 Å². The maximum atomic E-state index is 13.1. The van der Waals surface area contributed by atoms with E-state index in [9.17, 15) is 9.18 Å². The van der Waals surface area contributed by atoms with Crippen molar-refractivity contribution in [3.8, 4) is 5.88 Å². The summed E-state index contributed by atoms with van der Waals surface area (Å²) in [6.07, 6.45) is 0.727. The van der Waals surface area contributed by atoms with Gasteiger partial charge < -0.3 is 20.1 Å². The van der Waals surface area contributed by atoms with Gasteiger partial charge in [0.2, 0.25) is 11.8 Å². The number of nitrogens with one attached hydrogen (secondary N) is 1. The summed E-state index contributed by atoms with van der Waals surface area (Å²) < 4.78 is 17.8. The molecule has 0 aromatic carbocycles. The maximum absolute atomic E-state index is 13.1. The third kappa shape index (κ3) is 2.58. The lowest BCUT2D eigenvalue weighted by Crippen LogP contribution is -2.30. The topological polar surface area (TPSA) is 87.6 Å². The van der Waals surface area contributed by atoms with Crippen molar-refractivity contribution in [1.29, 1.82) is 0 Å². The van der Waals surface area contributed by atoms with Gasteiger partial charge in [-0.15, -0.1) is 0 Å². The minimum absolute atomic E-state index is 0.0729. The zero-order chi connectivity index (χ0) is 13.1. The fraction of sp³-hybridized carbons (Fsp3) is 0.500. The molecule has 8 heteroatoms. The second-order valence-corrected chi connectivity index (χ2v) is 3.91. The van der Waals surface area contributed by atoms with Crippen LogP contribution in [0.3, 0.4) is 0 Å². The number of nitrogens with zero attached hydrogens (tertiary/aromatic N) is 3. The molecule has 18 heavy (non-hydrogen) atoms. The van der Waals surface area contributed by atoms with E-state index in [4.69, 9.17) is 9.84 Å². The Bertz CT molecular complexity index is 457. The van der Waals surface area contributed by atoms with Crippen LogP contribution in [0.25, 0.3) is 0 Å². The van der Waals surface area contributed by atoms with E-state index in [1.165, 1.54) is 12.0 Å². The van der Waals surface area contributed by atoms with Gasteiger partial charge in [-0.2, -0.15) is 9.37 Å². The maximum Gasteiger partial charge on any atom is 0.407 e. The van der Waals surface area contributed by atoms with Gasteiger partial charge in [0.15, 0.2) is 0 Å². The first-order chi connectivity index (χ1) is 8.60. The Balaban J connectivity index is 2.00. The molecule has 2 heterocycles. The second kappa shape index (κ2) is 5.03. The molecule has 0 bridgehead atoms. The monoisotopic (exact) mass is 256 g/mol. The van der Waals surface area contributed by atoms with Crippen molar-refractivity contribution < 1.29 is 19.0 Å². The molecule has 1 fully saturated rings. The van der Waals surface area contributed by atoms with E-state index in [0.29, 0.717) is 19.5 Å². The Hall–Kier alpha value is -2.12. The molecule has 1 aliphatic rings. The molecule has 7 nitrogen and oxygen atoms in total. The zero-order valence-corrected chi connectivity index (χ0v) is 9.76. The van der Waals surface area contributed by atoms with Gasteiger partial charge in [0.05, 0.1) is 13.3 Å². The highest BCUT2D eigenvalue weighted by Crippen LogP contribution is 2.17. The summed E-state index contributed by atoms with van der Waals surface area (Å²) in [4.78, 5) is 19.7. The van der Waals surface area contributed by atoms with Crippen LogP contribution in [0.4, 0.5) is 15.1 Å². The van der Waals surface area contributed by atoms with Crippen molar-refractivity contribution >= 4 is 12.0 Å². The number of halogens is 1. The van der Waals surface area contributed by atoms with Crippen molar-refractivity contribution in [2.24, 2.45) is 0 Å². The summed E-state index contributed by atoms with van der Waals surface area (Å²) in [6, 6.07) is -0.0729. The molecule has 0 saturated carbocycles. The van der Waals surface area contributed by atoms with Crippen LogP contribution in [-0.2, 0) is 0 Å². The summed E-state index contributed by atoms with van der Waals surface area (Å²) in [5, 5.41) is 11.8. The Morgan fingerprint density at radius 2 is 2.50 bits per heavy atom. The SMILES string of the molecule is COc1nc(NC2CCN(C(=O)O)C2)ncc1F. The second-order valence-electron chi connectivity index (χ2n) is 3.91. The van der Waals surface area contributed by atoms with Crippen molar-refractivity contribution in [1.82, 2.24) is 14.9 Å². The highest BCUT2D eigenvalue weighted by molar-refractivity contribution is 5.65. The molecule has 1 aromatic heterocycles. The zero-order valence-electron chi connectivity index (χ0n) is 9.76. The van der Waals surface area contributed by atoms with Gasteiger partial charge in [0, 0.05) is 19.1 Å². The van der Waals surface area contributed by atoms with Crippen molar-refractivity contribution in [2.45, 2.75) is 12.5 Å². The molecule has 1 unspecified atom stereocenters. The molecule has 0 radical (unpaired) electrons. The molecule has 0 aliphatic carbocycles. The van der Waals surface area contributed by atoms with Crippen LogP contribution in [-0.4, -0.2) is 52.3 Å². The summed E-state index contributed by atoms with van der Waals surface area (Å²) in [7, 11) is 1.32. The van der Waals surface area contributed by atoms with Gasteiger partial charge in [0.25, 0.3) is 5.88 Å². The lowest BCUT2D eigenvalue weighted by molar-refractivity contribution is 0.155. The van der Waals surface area contributed by atoms with Crippen molar-refractivity contribution in [2.75, 3.05) is 25.5 Å². The van der Waals surface area contributed by atoms with Crippen molar-refractivity contribution in [3.63, 3.8) is 0 Å². The molecule has 1 amide bonds. The molecule has 2 rings (SSSR count). The summed E-state index contributed by atoms with van der Waals surface area (Å²) in [6.45, 7) is 0.823. The van der Waals surface area contributed by atoms with Crippen molar-refractivity contribution in [3.05, 3.63) is 12.0 Å². The van der Waals surface area contributed by atoms with Gasteiger partial charge >= 0.3 is 6.09 Å². The van der Waals surface area contributed by atoms with E-state index < -0.39 is 11.9 Å². The normalized spacial score (nSPS) is 18.8. The first-order valence-electron chi connectivity index (χ1n) is 5.41. The molecule has 1 atom stereocenters. The Morgan fingerprint density at radius 3 is 3.11 bits per heavy atom. The predicted octanol–water partition coefficient (Wildman–Crippen LogP) is 0.788. The molecular formula is C10H13FN4O3. The first-order valence-corrected chi connectivity index (χ1v) is 5.41. The molecule has 98 valence electrons. The van der Waals surface area contributed by atoms with Gasteiger partial charge in [-0.3, -0.25) is 0 Å². The number of rotatable bonds is 3. The van der Waals surface area contributed by atoms with E-state index in [-0.39, 0.29) is 17.9 Å². The number of carboxylic acid groups (broad SMARTS) is 1. The Morgan fingerprint density at radius 1 is 1.72 bits per heavy atom. The smallest absolute Gasteiger partial charge is 0.407 e. The lowest BCUT2D eigenvalue weighted by atomic mass is 10.3. The summed E-state index contributed by atoms with van der Waals surface area (Å²) >= 11 is 0. The fourth-order valence-corrected chi connectivity index (χ4v) is 1.80. The third-order valence-corrected chi connectivity index (χ3v) is 2.70. The van der Waals surface area contributed by atoms with Crippen LogP contribution in [0, 0.1) is 5.82 Å². The highest BCUT2D eigenvalue weighted by Gasteiger charge is 2.26. The number of ether oxygens (including phenoxy) is 1. The van der Waals surface area contributed by atoms with E-state index in [0.717, 1.165) is 6.20 Å². The minimum Gasteiger partial charge on any atom is -0.479 e. The lowest BCUT2D eigenvalue weighted by Gasteiger charge is -2.14. The fourth-order valence-electron chi connectivity index (χ4n) is 1.80. The van der Waals surface area contributed by atoms with E-state index in [2.05, 4.69) is 15.3 Å². The number of hydrogen-bond acceptors (Lipinski definition) is 5. The first kappa shape index (κ1) is 12.3. The molecule has 1 saturated heterocycles. The Labute approximate surface area is 103 Å². The number of hydrogen-bond donors (Lipinski definition) is 2. The van der Waals surface area contributed by atoms with Crippen LogP contribution in [0.2, 0.25) is 0 Å². The molecule has 2 N–H and O–H groups in total. The Kier molecular flexibility index (Phi) is 3.45. The van der Waals surface area contributed by atoms with Gasteiger partial charge in [0.1, 0.15) is 0 Å². The number of aromatic nitrogens is 2. The predicted molar refractivity (Wildman–Crippen MR) is 60.2 cm³/mol. The number of amides is 1. The standard InChI is InChI=1S/C10H13FN4O3/c1-18-8-7(11)4-12-9(14-8)13-6-2-3-15(5-6)10(16)17/h4,6H,2-3,5H2,1H3,(H,16,17)(H,12,13,14). The van der Waals surface area contributed by atoms with Crippen LogP contribution in [0.1, 0.15) is 6.42 Å². The molecule has 1 aliphatic heterocycles. The van der Waals surface area contributed by atoms with Gasteiger partial charge in [-0.25, -0.2) is 9.78 Å². The summed E-state index contributed by atoms with van der Waals surface area (Å²) in [5.74, 6) is -0.548. The van der Waals surface area contributed by atoms with Crippen LogP contribution < -0.4 is 10.1 Å². The minimum atomic E-state index is -0.947. The number of methoxy groups -OCH3 is 1. The van der Waals surface area contributed by atoms with Crippen LogP contribution in [0.5, 0.6) is 5.88 Å². The average Bonchev–Trinajstić information content (AvgIpc) is 2.80. The van der Waals surface area contributed by atoms with Gasteiger partial charge in [-0.05, 0) is 6.42 Å².